The Labute approximate surface area is 183 Å². The number of carbonyl (C=O) groups excluding carboxylic acids is 2. The van der Waals surface area contributed by atoms with Crippen molar-refractivity contribution in [3.63, 3.8) is 0 Å². The van der Waals surface area contributed by atoms with Gasteiger partial charge in [-0.2, -0.15) is 0 Å². The molecule has 0 aliphatic heterocycles. The van der Waals surface area contributed by atoms with Crippen LogP contribution in [0.4, 0.5) is 5.82 Å². The van der Waals surface area contributed by atoms with Gasteiger partial charge in [-0.25, -0.2) is 9.50 Å². The highest BCUT2D eigenvalue weighted by Gasteiger charge is 2.28. The van der Waals surface area contributed by atoms with Crippen LogP contribution >= 0.6 is 11.6 Å². The quantitative estimate of drug-likeness (QED) is 0.633. The molecule has 31 heavy (non-hydrogen) atoms. The predicted octanol–water partition coefficient (Wildman–Crippen LogP) is 3.75. The first-order valence-electron chi connectivity index (χ1n) is 9.58. The van der Waals surface area contributed by atoms with E-state index in [0.29, 0.717) is 40.1 Å². The van der Waals surface area contributed by atoms with Crippen molar-refractivity contribution in [3.05, 3.63) is 77.2 Å². The summed E-state index contributed by atoms with van der Waals surface area (Å²) in [5.41, 5.74) is 0.426. The van der Waals surface area contributed by atoms with Crippen LogP contribution in [0.15, 0.2) is 66.6 Å². The lowest BCUT2D eigenvalue weighted by Gasteiger charge is -2.30. The van der Waals surface area contributed by atoms with Gasteiger partial charge in [0.05, 0.1) is 11.7 Å². The zero-order valence-corrected chi connectivity index (χ0v) is 17.7. The summed E-state index contributed by atoms with van der Waals surface area (Å²) < 4.78 is 7.47. The van der Waals surface area contributed by atoms with Crippen molar-refractivity contribution in [2.75, 3.05) is 5.32 Å². The van der Waals surface area contributed by atoms with E-state index in [1.54, 1.807) is 42.6 Å². The highest BCUT2D eigenvalue weighted by atomic mass is 35.5. The number of aromatic nitrogens is 3. The summed E-state index contributed by atoms with van der Waals surface area (Å²) >= 11 is 5.99. The Hall–Kier alpha value is -3.65. The van der Waals surface area contributed by atoms with Gasteiger partial charge in [-0.3, -0.25) is 9.59 Å². The molecule has 2 heterocycles. The smallest absolute Gasteiger partial charge is 0.252 e. The van der Waals surface area contributed by atoms with Crippen LogP contribution in [-0.4, -0.2) is 32.0 Å². The summed E-state index contributed by atoms with van der Waals surface area (Å²) in [6.45, 7) is 3.33. The zero-order valence-electron chi connectivity index (χ0n) is 16.9. The largest absolute Gasteiger partial charge is 0.442 e. The van der Waals surface area contributed by atoms with E-state index in [0.717, 1.165) is 0 Å². The molecule has 1 aliphatic rings. The molecule has 0 radical (unpaired) electrons. The Morgan fingerprint density at radius 3 is 2.87 bits per heavy atom. The van der Waals surface area contributed by atoms with Crippen molar-refractivity contribution in [1.29, 1.82) is 0 Å². The van der Waals surface area contributed by atoms with Crippen molar-refractivity contribution in [3.8, 4) is 5.88 Å². The van der Waals surface area contributed by atoms with Crippen molar-refractivity contribution in [2.24, 2.45) is 0 Å². The molecule has 0 saturated carbocycles. The number of nitrogens with one attached hydrogen (secondary N) is 2. The number of carbonyl (C=O) groups is 2. The lowest BCUT2D eigenvalue weighted by atomic mass is 9.92. The number of ether oxygens (including phenoxy) is 1. The van der Waals surface area contributed by atoms with Gasteiger partial charge in [-0.15, -0.1) is 5.10 Å². The van der Waals surface area contributed by atoms with Gasteiger partial charge in [-0.1, -0.05) is 29.8 Å². The minimum atomic E-state index is -0.638. The molecule has 4 rings (SSSR count). The minimum Gasteiger partial charge on any atom is -0.442 e. The first-order valence-corrected chi connectivity index (χ1v) is 9.96. The maximum Gasteiger partial charge on any atom is 0.252 e. The number of rotatable bonds is 5. The van der Waals surface area contributed by atoms with Gasteiger partial charge in [-0.05, 0) is 37.3 Å². The predicted molar refractivity (Wildman–Crippen MR) is 117 cm³/mol. The summed E-state index contributed by atoms with van der Waals surface area (Å²) in [5, 5.41) is 10.5. The first kappa shape index (κ1) is 20.6. The summed E-state index contributed by atoms with van der Waals surface area (Å²) in [4.78, 5) is 28.1. The second kappa shape index (κ2) is 8.23. The number of anilines is 1. The number of benzene rings is 1. The van der Waals surface area contributed by atoms with E-state index >= 15 is 0 Å². The van der Waals surface area contributed by atoms with Gasteiger partial charge in [0.2, 0.25) is 11.8 Å². The average molecular weight is 438 g/mol. The molecule has 0 bridgehead atoms. The maximum atomic E-state index is 12.6. The van der Waals surface area contributed by atoms with Crippen molar-refractivity contribution in [2.45, 2.75) is 25.8 Å². The second-order valence-electron chi connectivity index (χ2n) is 7.43. The van der Waals surface area contributed by atoms with Crippen LogP contribution in [0.5, 0.6) is 5.88 Å². The molecular formula is C22H20ClN5O3. The lowest BCUT2D eigenvalue weighted by molar-refractivity contribution is -0.114. The lowest BCUT2D eigenvalue weighted by Crippen LogP contribution is -2.45. The van der Waals surface area contributed by atoms with Gasteiger partial charge in [0, 0.05) is 30.0 Å². The summed E-state index contributed by atoms with van der Waals surface area (Å²) in [5.74, 6) is 0.987. The minimum absolute atomic E-state index is 0.210. The van der Waals surface area contributed by atoms with Crippen molar-refractivity contribution in [1.82, 2.24) is 19.9 Å². The third-order valence-corrected chi connectivity index (χ3v) is 4.84. The number of amides is 2. The van der Waals surface area contributed by atoms with E-state index in [4.69, 9.17) is 16.3 Å². The Kier molecular flexibility index (Phi) is 5.48. The fourth-order valence-corrected chi connectivity index (χ4v) is 3.45. The molecule has 2 amide bonds. The van der Waals surface area contributed by atoms with Crippen molar-refractivity contribution >= 4 is 34.9 Å². The first-order chi connectivity index (χ1) is 14.8. The topological polar surface area (TPSA) is 97.6 Å². The number of allylic oxidation sites excluding steroid dienone is 2. The van der Waals surface area contributed by atoms with Crippen LogP contribution in [0.1, 0.15) is 30.6 Å². The third kappa shape index (κ3) is 4.92. The van der Waals surface area contributed by atoms with E-state index in [9.17, 15) is 9.59 Å². The fourth-order valence-electron chi connectivity index (χ4n) is 3.26. The molecule has 2 N–H and O–H groups in total. The number of imidazole rings is 1. The van der Waals surface area contributed by atoms with E-state index in [-0.39, 0.29) is 11.8 Å². The maximum absolute atomic E-state index is 12.6. The highest BCUT2D eigenvalue weighted by Crippen LogP contribution is 2.26. The average Bonchev–Trinajstić information content (AvgIpc) is 3.08. The molecule has 1 atom stereocenters. The zero-order chi connectivity index (χ0) is 22.0. The van der Waals surface area contributed by atoms with Crippen LogP contribution in [0, 0.1) is 0 Å². The fraction of sp³-hybridized carbons (Fsp3) is 0.182. The van der Waals surface area contributed by atoms with Crippen LogP contribution < -0.4 is 15.4 Å². The number of fused-ring (bicyclic) bond motifs is 1. The van der Waals surface area contributed by atoms with E-state index in [2.05, 4.69) is 20.7 Å². The molecule has 3 aromatic rings. The summed E-state index contributed by atoms with van der Waals surface area (Å²) in [6, 6.07) is 10.2. The third-order valence-electron chi connectivity index (χ3n) is 4.61. The molecule has 0 spiro atoms. The molecule has 158 valence electrons. The van der Waals surface area contributed by atoms with Crippen LogP contribution in [-0.2, 0) is 4.79 Å². The van der Waals surface area contributed by atoms with Gasteiger partial charge >= 0.3 is 0 Å². The van der Waals surface area contributed by atoms with Gasteiger partial charge in [0.15, 0.2) is 11.5 Å². The molecule has 0 fully saturated rings. The number of halogens is 1. The number of nitrogens with zero attached hydrogens (tertiary/aromatic N) is 3. The normalized spacial score (nSPS) is 17.8. The van der Waals surface area contributed by atoms with Crippen molar-refractivity contribution < 1.29 is 14.3 Å². The Balaban J connectivity index is 1.46. The Morgan fingerprint density at radius 2 is 2.10 bits per heavy atom. The van der Waals surface area contributed by atoms with Gasteiger partial charge in [0.1, 0.15) is 5.76 Å². The molecular weight excluding hydrogens is 418 g/mol. The van der Waals surface area contributed by atoms with Crippen LogP contribution in [0.2, 0.25) is 5.02 Å². The number of hydrogen-bond acceptors (Lipinski definition) is 5. The monoisotopic (exact) mass is 437 g/mol. The van der Waals surface area contributed by atoms with E-state index in [1.807, 2.05) is 25.2 Å². The standard InChI is InChI=1S/C22H20ClN5O3/c1-14(29)24-18-13-28-19(25-18)8-9-20(27-28)31-17-7-4-10-22(2,12-17)26-21(30)15-5-3-6-16(23)11-15/h3-11,13H,12H2,1-2H3,(H,24,29)(H,26,30)/t22-/m0/s1. The SMILES string of the molecule is CC(=O)Nc1cn2nc(OC3=CC=C[C@](C)(NC(=O)c4cccc(Cl)c4)C3)ccc2n1. The van der Waals surface area contributed by atoms with Gasteiger partial charge < -0.3 is 15.4 Å². The summed E-state index contributed by atoms with van der Waals surface area (Å²) in [6.07, 6.45) is 7.62. The Morgan fingerprint density at radius 1 is 1.26 bits per heavy atom. The molecule has 0 unspecified atom stereocenters. The van der Waals surface area contributed by atoms with Crippen LogP contribution in [0.25, 0.3) is 5.65 Å². The van der Waals surface area contributed by atoms with Crippen LogP contribution in [0.3, 0.4) is 0 Å². The molecule has 1 aliphatic carbocycles. The number of hydrogen-bond donors (Lipinski definition) is 2. The Bertz CT molecular complexity index is 1230. The van der Waals surface area contributed by atoms with Gasteiger partial charge in [0.25, 0.3) is 5.91 Å². The molecule has 8 nitrogen and oxygen atoms in total. The molecule has 0 saturated heterocycles. The van der Waals surface area contributed by atoms with E-state index in [1.165, 1.54) is 11.4 Å². The molecule has 2 aromatic heterocycles. The molecule has 9 heteroatoms. The summed E-state index contributed by atoms with van der Waals surface area (Å²) in [7, 11) is 0. The van der Waals surface area contributed by atoms with E-state index < -0.39 is 5.54 Å². The highest BCUT2D eigenvalue weighted by molar-refractivity contribution is 6.30. The molecule has 1 aromatic carbocycles. The second-order valence-corrected chi connectivity index (χ2v) is 7.87.